The third kappa shape index (κ3) is 3.51. The maximum atomic E-state index is 13.3. The average Bonchev–Trinajstić information content (AvgIpc) is 3.50. The molecule has 1 atom stereocenters. The number of rotatable bonds is 5. The second-order valence-corrected chi connectivity index (χ2v) is 8.50. The number of amides is 1. The van der Waals surface area contributed by atoms with Crippen molar-refractivity contribution >= 4 is 5.91 Å². The highest BCUT2D eigenvalue weighted by atomic mass is 16.2. The number of nitrogens with one attached hydrogen (secondary N) is 1. The maximum Gasteiger partial charge on any atom is 0.272 e. The first-order chi connectivity index (χ1) is 15.5. The van der Waals surface area contributed by atoms with Gasteiger partial charge < -0.3 is 5.32 Å². The van der Waals surface area contributed by atoms with E-state index in [1.165, 1.54) is 5.56 Å². The highest BCUT2D eigenvalue weighted by Gasteiger charge is 2.28. The summed E-state index contributed by atoms with van der Waals surface area (Å²) >= 11 is 0. The van der Waals surface area contributed by atoms with E-state index in [-0.39, 0.29) is 11.9 Å². The van der Waals surface area contributed by atoms with E-state index in [1.54, 1.807) is 0 Å². The summed E-state index contributed by atoms with van der Waals surface area (Å²) in [6, 6.07) is 18.1. The molecule has 1 aliphatic rings. The van der Waals surface area contributed by atoms with Crippen LogP contribution in [-0.2, 0) is 12.8 Å². The molecule has 6 nitrogen and oxygen atoms in total. The summed E-state index contributed by atoms with van der Waals surface area (Å²) in [5.41, 5.74) is 7.99. The number of nitrogens with zero attached hydrogens (tertiary/aromatic N) is 4. The van der Waals surface area contributed by atoms with Gasteiger partial charge in [-0.2, -0.15) is 10.2 Å². The molecular formula is C26H27N5O. The predicted molar refractivity (Wildman–Crippen MR) is 125 cm³/mol. The maximum absolute atomic E-state index is 13.3. The number of carbonyl (C=O) groups is 1. The van der Waals surface area contributed by atoms with Gasteiger partial charge in [-0.05, 0) is 64.3 Å². The van der Waals surface area contributed by atoms with Crippen molar-refractivity contribution in [2.45, 2.75) is 46.1 Å². The lowest BCUT2D eigenvalue weighted by molar-refractivity contribution is 0.0933. The lowest BCUT2D eigenvalue weighted by Gasteiger charge is -2.14. The van der Waals surface area contributed by atoms with Gasteiger partial charge in [0.15, 0.2) is 5.69 Å². The van der Waals surface area contributed by atoms with Gasteiger partial charge in [-0.25, -0.2) is 9.36 Å². The molecule has 2 aromatic heterocycles. The van der Waals surface area contributed by atoms with Crippen molar-refractivity contribution in [2.75, 3.05) is 0 Å². The standard InChI is InChI=1S/C26H27N5O/c1-17-12-14-21(15-13-17)31-24-11-7-10-22(24)25(29-31)26(32)28-18(2)23-16-27-30(19(23)3)20-8-5-4-6-9-20/h4-6,8-9,12-16,18H,7,10-11H2,1-3H3,(H,28,32). The van der Waals surface area contributed by atoms with Crippen LogP contribution in [0.4, 0.5) is 0 Å². The molecule has 0 radical (unpaired) electrons. The molecule has 0 aliphatic heterocycles. The van der Waals surface area contributed by atoms with Crippen molar-refractivity contribution in [3.8, 4) is 11.4 Å². The zero-order valence-electron chi connectivity index (χ0n) is 18.7. The fraction of sp³-hybridized carbons (Fsp3) is 0.269. The third-order valence-corrected chi connectivity index (χ3v) is 6.29. The van der Waals surface area contributed by atoms with Crippen molar-refractivity contribution in [3.63, 3.8) is 0 Å². The van der Waals surface area contributed by atoms with Gasteiger partial charge in [0.2, 0.25) is 0 Å². The van der Waals surface area contributed by atoms with Crippen LogP contribution in [0.2, 0.25) is 0 Å². The van der Waals surface area contributed by atoms with Crippen molar-refractivity contribution in [2.24, 2.45) is 0 Å². The minimum atomic E-state index is -0.179. The Morgan fingerprint density at radius 3 is 2.44 bits per heavy atom. The molecule has 4 aromatic rings. The van der Waals surface area contributed by atoms with Crippen LogP contribution < -0.4 is 5.32 Å². The molecule has 0 saturated carbocycles. The molecule has 0 bridgehead atoms. The first kappa shape index (κ1) is 20.2. The number of carbonyl (C=O) groups excluding carboxylic acids is 1. The Morgan fingerprint density at radius 2 is 1.69 bits per heavy atom. The first-order valence-corrected chi connectivity index (χ1v) is 11.1. The molecular weight excluding hydrogens is 398 g/mol. The topological polar surface area (TPSA) is 64.7 Å². The molecule has 6 heteroatoms. The fourth-order valence-corrected chi connectivity index (χ4v) is 4.54. The van der Waals surface area contributed by atoms with Crippen molar-refractivity contribution in [1.82, 2.24) is 24.9 Å². The van der Waals surface area contributed by atoms with Crippen LogP contribution in [0.5, 0.6) is 0 Å². The summed E-state index contributed by atoms with van der Waals surface area (Å²) < 4.78 is 3.85. The van der Waals surface area contributed by atoms with E-state index in [1.807, 2.05) is 59.7 Å². The molecule has 0 saturated heterocycles. The number of fused-ring (bicyclic) bond motifs is 1. The molecule has 0 fully saturated rings. The van der Waals surface area contributed by atoms with Crippen LogP contribution in [-0.4, -0.2) is 25.5 Å². The second kappa shape index (κ2) is 8.11. The lowest BCUT2D eigenvalue weighted by Crippen LogP contribution is -2.28. The largest absolute Gasteiger partial charge is 0.344 e. The molecule has 2 heterocycles. The molecule has 0 spiro atoms. The number of hydrogen-bond acceptors (Lipinski definition) is 3. The summed E-state index contributed by atoms with van der Waals surface area (Å²) in [5.74, 6) is -0.131. The van der Waals surface area contributed by atoms with E-state index in [4.69, 9.17) is 5.10 Å². The SMILES string of the molecule is Cc1ccc(-n2nc(C(=O)NC(C)c3cnn(-c4ccccc4)c3C)c3c2CCC3)cc1. The van der Waals surface area contributed by atoms with Gasteiger partial charge in [0.05, 0.1) is 23.6 Å². The molecule has 1 unspecified atom stereocenters. The van der Waals surface area contributed by atoms with Crippen molar-refractivity contribution in [3.05, 3.63) is 94.6 Å². The molecule has 1 amide bonds. The van der Waals surface area contributed by atoms with E-state index in [9.17, 15) is 4.79 Å². The summed E-state index contributed by atoms with van der Waals surface area (Å²) in [6.07, 6.45) is 4.73. The number of hydrogen-bond donors (Lipinski definition) is 1. The Bertz CT molecular complexity index is 1270. The third-order valence-electron chi connectivity index (χ3n) is 6.29. The molecule has 1 N–H and O–H groups in total. The van der Waals surface area contributed by atoms with Gasteiger partial charge >= 0.3 is 0 Å². The van der Waals surface area contributed by atoms with Gasteiger partial charge in [0, 0.05) is 22.5 Å². The number of aromatic nitrogens is 4. The van der Waals surface area contributed by atoms with Gasteiger partial charge in [-0.15, -0.1) is 0 Å². The van der Waals surface area contributed by atoms with E-state index < -0.39 is 0 Å². The van der Waals surface area contributed by atoms with Crippen LogP contribution in [0.15, 0.2) is 60.8 Å². The summed E-state index contributed by atoms with van der Waals surface area (Å²) in [4.78, 5) is 13.3. The van der Waals surface area contributed by atoms with E-state index in [2.05, 4.69) is 41.6 Å². The second-order valence-electron chi connectivity index (χ2n) is 8.50. The van der Waals surface area contributed by atoms with Crippen LogP contribution in [0.1, 0.15) is 58.0 Å². The van der Waals surface area contributed by atoms with Gasteiger partial charge in [-0.3, -0.25) is 4.79 Å². The van der Waals surface area contributed by atoms with Gasteiger partial charge in [0.1, 0.15) is 0 Å². The fourth-order valence-electron chi connectivity index (χ4n) is 4.54. The minimum absolute atomic E-state index is 0.131. The molecule has 5 rings (SSSR count). The highest BCUT2D eigenvalue weighted by Crippen LogP contribution is 2.29. The number of benzene rings is 2. The zero-order chi connectivity index (χ0) is 22.2. The Hall–Kier alpha value is -3.67. The van der Waals surface area contributed by atoms with Crippen LogP contribution >= 0.6 is 0 Å². The Morgan fingerprint density at radius 1 is 0.969 bits per heavy atom. The van der Waals surface area contributed by atoms with Crippen LogP contribution in [0.3, 0.4) is 0 Å². The highest BCUT2D eigenvalue weighted by molar-refractivity contribution is 5.94. The summed E-state index contributed by atoms with van der Waals surface area (Å²) in [6.45, 7) is 6.09. The molecule has 32 heavy (non-hydrogen) atoms. The van der Waals surface area contributed by atoms with Gasteiger partial charge in [-0.1, -0.05) is 35.9 Å². The Labute approximate surface area is 187 Å². The monoisotopic (exact) mass is 425 g/mol. The van der Waals surface area contributed by atoms with Gasteiger partial charge in [0.25, 0.3) is 5.91 Å². The van der Waals surface area contributed by atoms with E-state index in [0.717, 1.165) is 53.2 Å². The summed E-state index contributed by atoms with van der Waals surface area (Å²) in [5, 5.41) is 12.4. The van der Waals surface area contributed by atoms with Crippen LogP contribution in [0, 0.1) is 13.8 Å². The predicted octanol–water partition coefficient (Wildman–Crippen LogP) is 4.65. The Balaban J connectivity index is 1.41. The average molecular weight is 426 g/mol. The smallest absolute Gasteiger partial charge is 0.272 e. The molecule has 2 aromatic carbocycles. The zero-order valence-corrected chi connectivity index (χ0v) is 18.7. The minimum Gasteiger partial charge on any atom is -0.344 e. The first-order valence-electron chi connectivity index (χ1n) is 11.1. The number of para-hydroxylation sites is 1. The molecule has 162 valence electrons. The summed E-state index contributed by atoms with van der Waals surface area (Å²) in [7, 11) is 0. The van der Waals surface area contributed by atoms with Crippen molar-refractivity contribution < 1.29 is 4.79 Å². The Kier molecular flexibility index (Phi) is 5.13. The normalized spacial score (nSPS) is 13.7. The molecule has 1 aliphatic carbocycles. The van der Waals surface area contributed by atoms with E-state index in [0.29, 0.717) is 5.69 Å². The number of aryl methyl sites for hydroxylation is 1. The quantitative estimate of drug-likeness (QED) is 0.506. The van der Waals surface area contributed by atoms with Crippen molar-refractivity contribution in [1.29, 1.82) is 0 Å². The van der Waals surface area contributed by atoms with E-state index >= 15 is 0 Å². The lowest BCUT2D eigenvalue weighted by atomic mass is 10.1. The van der Waals surface area contributed by atoms with Crippen LogP contribution in [0.25, 0.3) is 11.4 Å².